The van der Waals surface area contributed by atoms with E-state index in [1.807, 2.05) is 83.6 Å². The highest BCUT2D eigenvalue weighted by Gasteiger charge is 2.06. The highest BCUT2D eigenvalue weighted by atomic mass is 16.5. The van der Waals surface area contributed by atoms with E-state index in [0.717, 1.165) is 28.3 Å². The summed E-state index contributed by atoms with van der Waals surface area (Å²) in [5, 5.41) is 0. The number of ether oxygens (including phenoxy) is 2. The van der Waals surface area contributed by atoms with E-state index in [1.165, 1.54) is 0 Å². The molecule has 0 bridgehead atoms. The van der Waals surface area contributed by atoms with Gasteiger partial charge in [0.05, 0.1) is 13.4 Å². The summed E-state index contributed by atoms with van der Waals surface area (Å²) in [4.78, 5) is 16.6. The van der Waals surface area contributed by atoms with Gasteiger partial charge in [-0.2, -0.15) is 0 Å². The van der Waals surface area contributed by atoms with Crippen molar-refractivity contribution < 1.29 is 14.3 Å². The molecule has 5 heteroatoms. The second-order valence-electron chi connectivity index (χ2n) is 6.89. The molecule has 1 aromatic heterocycles. The van der Waals surface area contributed by atoms with Crippen LogP contribution in [0, 0.1) is 0 Å². The van der Waals surface area contributed by atoms with Crippen molar-refractivity contribution in [3.05, 3.63) is 114 Å². The van der Waals surface area contributed by atoms with Crippen LogP contribution in [-0.2, 0) is 6.61 Å². The van der Waals surface area contributed by atoms with Crippen LogP contribution in [0.1, 0.15) is 21.5 Å². The number of methoxy groups -OCH3 is 1. The summed E-state index contributed by atoms with van der Waals surface area (Å²) in [6.07, 6.45) is 8.68. The lowest BCUT2D eigenvalue weighted by Crippen LogP contribution is -1.99. The predicted molar refractivity (Wildman–Crippen MR) is 121 cm³/mol. The van der Waals surface area contributed by atoms with Crippen molar-refractivity contribution in [2.24, 2.45) is 0 Å². The molecule has 4 aromatic rings. The summed E-state index contributed by atoms with van der Waals surface area (Å²) < 4.78 is 13.2. The van der Waals surface area contributed by atoms with Gasteiger partial charge in [0.15, 0.2) is 5.78 Å². The molecule has 0 aliphatic heterocycles. The van der Waals surface area contributed by atoms with Gasteiger partial charge in [0.25, 0.3) is 0 Å². The summed E-state index contributed by atoms with van der Waals surface area (Å²) in [5.41, 5.74) is 3.39. The van der Waals surface area contributed by atoms with Crippen molar-refractivity contribution in [1.82, 2.24) is 9.55 Å². The van der Waals surface area contributed by atoms with E-state index in [1.54, 1.807) is 31.8 Å². The maximum atomic E-state index is 12.6. The van der Waals surface area contributed by atoms with Crippen molar-refractivity contribution in [2.75, 3.05) is 7.11 Å². The lowest BCUT2D eigenvalue weighted by molar-refractivity contribution is 0.104. The third-order valence-corrected chi connectivity index (χ3v) is 4.82. The molecule has 31 heavy (non-hydrogen) atoms. The first-order chi connectivity index (χ1) is 15.2. The molecule has 3 aromatic carbocycles. The standard InChI is InChI=1S/C26H22N2O3/c1-30-26-14-8-20(17-22(26)18-31-24-5-3-2-4-6-24)7-13-25(29)21-9-11-23(12-10-21)28-16-15-27-19-28/h2-17,19H,18H2,1H3/b13-7+. The molecule has 0 unspecified atom stereocenters. The van der Waals surface area contributed by atoms with E-state index < -0.39 is 0 Å². The van der Waals surface area contributed by atoms with Gasteiger partial charge in [0.2, 0.25) is 0 Å². The molecule has 0 atom stereocenters. The van der Waals surface area contributed by atoms with Crippen LogP contribution in [0.5, 0.6) is 11.5 Å². The highest BCUT2D eigenvalue weighted by molar-refractivity contribution is 6.06. The van der Waals surface area contributed by atoms with Gasteiger partial charge < -0.3 is 14.0 Å². The topological polar surface area (TPSA) is 53.4 Å². The number of rotatable bonds is 8. The molecular weight excluding hydrogens is 388 g/mol. The molecule has 0 fully saturated rings. The van der Waals surface area contributed by atoms with Gasteiger partial charge in [-0.25, -0.2) is 4.98 Å². The smallest absolute Gasteiger partial charge is 0.185 e. The Labute approximate surface area is 181 Å². The summed E-state index contributed by atoms with van der Waals surface area (Å²) in [5.74, 6) is 1.48. The van der Waals surface area contributed by atoms with Gasteiger partial charge in [-0.05, 0) is 60.2 Å². The van der Waals surface area contributed by atoms with Gasteiger partial charge >= 0.3 is 0 Å². The van der Waals surface area contributed by atoms with E-state index in [4.69, 9.17) is 9.47 Å². The Balaban J connectivity index is 1.46. The molecule has 1 heterocycles. The minimum absolute atomic E-state index is 0.0601. The summed E-state index contributed by atoms with van der Waals surface area (Å²) in [6, 6.07) is 22.8. The number of aromatic nitrogens is 2. The van der Waals surface area contributed by atoms with Gasteiger partial charge in [0.1, 0.15) is 18.1 Å². The van der Waals surface area contributed by atoms with Gasteiger partial charge in [-0.3, -0.25) is 4.79 Å². The Bertz CT molecular complexity index is 1170. The Kier molecular flexibility index (Phi) is 6.24. The minimum Gasteiger partial charge on any atom is -0.496 e. The van der Waals surface area contributed by atoms with E-state index in [2.05, 4.69) is 4.98 Å². The normalized spacial score (nSPS) is 10.9. The molecule has 4 rings (SSSR count). The first-order valence-corrected chi connectivity index (χ1v) is 9.88. The monoisotopic (exact) mass is 410 g/mol. The summed E-state index contributed by atoms with van der Waals surface area (Å²) >= 11 is 0. The Morgan fingerprint density at radius 1 is 1.03 bits per heavy atom. The third-order valence-electron chi connectivity index (χ3n) is 4.82. The number of para-hydroxylation sites is 1. The quantitative estimate of drug-likeness (QED) is 0.290. The number of imidazole rings is 1. The first kappa shape index (κ1) is 20.2. The van der Waals surface area contributed by atoms with Gasteiger partial charge in [-0.1, -0.05) is 30.3 Å². The molecule has 0 amide bonds. The zero-order valence-electron chi connectivity index (χ0n) is 17.1. The Hall–Kier alpha value is -4.12. The predicted octanol–water partition coefficient (Wildman–Crippen LogP) is 5.36. The van der Waals surface area contributed by atoms with Crippen LogP contribution >= 0.6 is 0 Å². The highest BCUT2D eigenvalue weighted by Crippen LogP contribution is 2.23. The summed E-state index contributed by atoms with van der Waals surface area (Å²) in [6.45, 7) is 0.374. The zero-order valence-corrected chi connectivity index (χ0v) is 17.1. The number of benzene rings is 3. The fourth-order valence-electron chi connectivity index (χ4n) is 3.17. The Morgan fingerprint density at radius 2 is 1.84 bits per heavy atom. The fourth-order valence-corrected chi connectivity index (χ4v) is 3.17. The number of hydrogen-bond acceptors (Lipinski definition) is 4. The van der Waals surface area contributed by atoms with Crippen LogP contribution in [0.3, 0.4) is 0 Å². The van der Waals surface area contributed by atoms with Crippen molar-refractivity contribution >= 4 is 11.9 Å². The summed E-state index contributed by atoms with van der Waals surface area (Å²) in [7, 11) is 1.63. The minimum atomic E-state index is -0.0601. The molecule has 154 valence electrons. The molecule has 0 saturated carbocycles. The first-order valence-electron chi connectivity index (χ1n) is 9.88. The van der Waals surface area contributed by atoms with Crippen molar-refractivity contribution in [3.63, 3.8) is 0 Å². The lowest BCUT2D eigenvalue weighted by Gasteiger charge is -2.11. The second kappa shape index (κ2) is 9.59. The number of hydrogen-bond donors (Lipinski definition) is 0. The van der Waals surface area contributed by atoms with Crippen LogP contribution in [0.4, 0.5) is 0 Å². The molecule has 0 radical (unpaired) electrons. The maximum Gasteiger partial charge on any atom is 0.185 e. The molecule has 0 aliphatic carbocycles. The fraction of sp³-hybridized carbons (Fsp3) is 0.0769. The molecule has 0 aliphatic rings. The molecule has 5 nitrogen and oxygen atoms in total. The van der Waals surface area contributed by atoms with E-state index in [9.17, 15) is 4.79 Å². The van der Waals surface area contributed by atoms with Crippen molar-refractivity contribution in [2.45, 2.75) is 6.61 Å². The average molecular weight is 410 g/mol. The lowest BCUT2D eigenvalue weighted by atomic mass is 10.1. The maximum absolute atomic E-state index is 12.6. The Morgan fingerprint density at radius 3 is 2.55 bits per heavy atom. The van der Waals surface area contributed by atoms with Gasteiger partial charge in [-0.15, -0.1) is 0 Å². The van der Waals surface area contributed by atoms with Crippen LogP contribution in [-0.4, -0.2) is 22.4 Å². The second-order valence-corrected chi connectivity index (χ2v) is 6.89. The van der Waals surface area contributed by atoms with Crippen molar-refractivity contribution in [3.8, 4) is 17.2 Å². The zero-order chi connectivity index (χ0) is 21.5. The van der Waals surface area contributed by atoms with Crippen LogP contribution in [0.2, 0.25) is 0 Å². The molecule has 0 saturated heterocycles. The van der Waals surface area contributed by atoms with Gasteiger partial charge in [0, 0.05) is 29.2 Å². The SMILES string of the molecule is COc1ccc(/C=C/C(=O)c2ccc(-n3ccnc3)cc2)cc1COc1ccccc1. The van der Waals surface area contributed by atoms with E-state index >= 15 is 0 Å². The van der Waals surface area contributed by atoms with E-state index in [-0.39, 0.29) is 5.78 Å². The largest absolute Gasteiger partial charge is 0.496 e. The number of nitrogens with zero attached hydrogens (tertiary/aromatic N) is 2. The number of carbonyl (C=O) groups excluding carboxylic acids is 1. The molecular formula is C26H22N2O3. The number of ketones is 1. The van der Waals surface area contributed by atoms with Crippen LogP contribution < -0.4 is 9.47 Å². The number of allylic oxidation sites excluding steroid dienone is 1. The van der Waals surface area contributed by atoms with Crippen LogP contribution in [0.15, 0.2) is 97.6 Å². The number of carbonyl (C=O) groups is 1. The van der Waals surface area contributed by atoms with Crippen LogP contribution in [0.25, 0.3) is 11.8 Å². The average Bonchev–Trinajstić information content (AvgIpc) is 3.37. The molecule has 0 spiro atoms. The van der Waals surface area contributed by atoms with E-state index in [0.29, 0.717) is 12.2 Å². The third kappa shape index (κ3) is 5.08. The molecule has 0 N–H and O–H groups in total. The van der Waals surface area contributed by atoms with Crippen molar-refractivity contribution in [1.29, 1.82) is 0 Å².